The van der Waals surface area contributed by atoms with Gasteiger partial charge >= 0.3 is 0 Å². The van der Waals surface area contributed by atoms with Crippen LogP contribution in [0.5, 0.6) is 0 Å². The highest BCUT2D eigenvalue weighted by molar-refractivity contribution is 9.10. The van der Waals surface area contributed by atoms with Crippen LogP contribution in [0.1, 0.15) is 35.7 Å². The Morgan fingerprint density at radius 2 is 1.88 bits per heavy atom. The predicted molar refractivity (Wildman–Crippen MR) is 122 cm³/mol. The van der Waals surface area contributed by atoms with Gasteiger partial charge in [0, 0.05) is 31.0 Å². The fraction of sp³-hybridized carbons (Fsp3) is 0.318. The number of amides is 3. The van der Waals surface area contributed by atoms with Gasteiger partial charge < -0.3 is 10.2 Å². The van der Waals surface area contributed by atoms with Crippen LogP contribution in [0.15, 0.2) is 57.9 Å². The highest BCUT2D eigenvalue weighted by Gasteiger charge is 2.40. The summed E-state index contributed by atoms with van der Waals surface area (Å²) in [6, 6.07) is 12.8. The van der Waals surface area contributed by atoms with E-state index in [-0.39, 0.29) is 48.2 Å². The maximum atomic E-state index is 13.0. The van der Waals surface area contributed by atoms with Crippen LogP contribution < -0.4 is 5.32 Å². The number of carbonyl (C=O) groups excluding carboxylic acids is 3. The lowest BCUT2D eigenvalue weighted by Crippen LogP contribution is -2.46. The molecule has 1 atom stereocenters. The van der Waals surface area contributed by atoms with E-state index in [0.717, 1.165) is 14.3 Å². The summed E-state index contributed by atoms with van der Waals surface area (Å²) in [6.45, 7) is 1.75. The van der Waals surface area contributed by atoms with Crippen molar-refractivity contribution in [1.29, 1.82) is 0 Å². The van der Waals surface area contributed by atoms with E-state index in [4.69, 9.17) is 0 Å². The van der Waals surface area contributed by atoms with Crippen LogP contribution in [0.2, 0.25) is 0 Å². The highest BCUT2D eigenvalue weighted by atomic mass is 79.9. The van der Waals surface area contributed by atoms with Crippen molar-refractivity contribution >= 4 is 43.7 Å². The van der Waals surface area contributed by atoms with E-state index in [9.17, 15) is 22.8 Å². The molecule has 32 heavy (non-hydrogen) atoms. The molecule has 3 rings (SSSR count). The van der Waals surface area contributed by atoms with Crippen LogP contribution >= 0.6 is 15.9 Å². The lowest BCUT2D eigenvalue weighted by molar-refractivity contribution is -0.140. The summed E-state index contributed by atoms with van der Waals surface area (Å²) in [4.78, 5) is 39.2. The van der Waals surface area contributed by atoms with E-state index >= 15 is 0 Å². The molecule has 0 fully saturated rings. The number of carbonyl (C=O) groups is 3. The summed E-state index contributed by atoms with van der Waals surface area (Å²) in [5.74, 6) is -1.19. The van der Waals surface area contributed by atoms with Gasteiger partial charge in [-0.3, -0.25) is 14.4 Å². The minimum absolute atomic E-state index is 0.00895. The van der Waals surface area contributed by atoms with E-state index in [1.807, 2.05) is 24.3 Å². The molecule has 0 bridgehead atoms. The summed E-state index contributed by atoms with van der Waals surface area (Å²) in [5, 5.41) is 2.55. The number of nitrogens with one attached hydrogen (secondary N) is 1. The summed E-state index contributed by atoms with van der Waals surface area (Å²) < 4.78 is 27.0. The summed E-state index contributed by atoms with van der Waals surface area (Å²) in [5.41, 5.74) is 0.986. The maximum absolute atomic E-state index is 13.0. The monoisotopic (exact) mass is 521 g/mol. The molecule has 0 spiro atoms. The standard InChI is InChI=1S/C22H24BrN3O5S/c1-15(21(28)24-2)25(14-16-7-5-8-17(23)13-16)20(27)11-6-12-26-22(29)18-9-3-4-10-19(18)32(26,30)31/h3-5,7-10,13,15H,6,11-12,14H2,1-2H3,(H,24,28)/t15-/m0/s1. The molecular weight excluding hydrogens is 498 g/mol. The van der Waals surface area contributed by atoms with Crippen molar-refractivity contribution in [3.63, 3.8) is 0 Å². The predicted octanol–water partition coefficient (Wildman–Crippen LogP) is 2.54. The summed E-state index contributed by atoms with van der Waals surface area (Å²) >= 11 is 3.40. The fourth-order valence-electron chi connectivity index (χ4n) is 3.59. The van der Waals surface area contributed by atoms with Crippen LogP contribution in [0.25, 0.3) is 0 Å². The van der Waals surface area contributed by atoms with Crippen LogP contribution in [0, 0.1) is 0 Å². The Bertz CT molecular complexity index is 1150. The number of rotatable bonds is 8. The van der Waals surface area contributed by atoms with Gasteiger partial charge in [-0.1, -0.05) is 40.2 Å². The third-order valence-corrected chi connectivity index (χ3v) is 7.65. The lowest BCUT2D eigenvalue weighted by Gasteiger charge is -2.28. The van der Waals surface area contributed by atoms with Gasteiger partial charge in [0.2, 0.25) is 11.8 Å². The average Bonchev–Trinajstić information content (AvgIpc) is 2.97. The summed E-state index contributed by atoms with van der Waals surface area (Å²) in [6.07, 6.45) is 0.137. The van der Waals surface area contributed by atoms with Crippen molar-refractivity contribution in [2.75, 3.05) is 13.6 Å². The second-order valence-corrected chi connectivity index (χ2v) is 10.2. The molecule has 170 valence electrons. The first-order valence-electron chi connectivity index (χ1n) is 10.1. The van der Waals surface area contributed by atoms with Gasteiger partial charge in [0.05, 0.1) is 5.56 Å². The van der Waals surface area contributed by atoms with Crippen molar-refractivity contribution in [1.82, 2.24) is 14.5 Å². The average molecular weight is 522 g/mol. The molecular formula is C22H24BrN3O5S. The van der Waals surface area contributed by atoms with E-state index in [0.29, 0.717) is 0 Å². The number of benzene rings is 2. The smallest absolute Gasteiger partial charge is 0.269 e. The van der Waals surface area contributed by atoms with Crippen LogP contribution in [0.3, 0.4) is 0 Å². The molecule has 0 radical (unpaired) electrons. The zero-order valence-electron chi connectivity index (χ0n) is 17.7. The molecule has 2 aromatic carbocycles. The van der Waals surface area contributed by atoms with Crippen molar-refractivity contribution < 1.29 is 22.8 Å². The van der Waals surface area contributed by atoms with Gasteiger partial charge in [-0.25, -0.2) is 12.7 Å². The maximum Gasteiger partial charge on any atom is 0.269 e. The molecule has 1 aliphatic heterocycles. The van der Waals surface area contributed by atoms with E-state index in [1.54, 1.807) is 19.1 Å². The number of hydrogen-bond donors (Lipinski definition) is 1. The van der Waals surface area contributed by atoms with Gasteiger partial charge in [-0.05, 0) is 43.2 Å². The number of halogens is 1. The van der Waals surface area contributed by atoms with Crippen LogP contribution in [-0.4, -0.2) is 55.0 Å². The molecule has 1 aliphatic rings. The van der Waals surface area contributed by atoms with Crippen molar-refractivity contribution in [3.8, 4) is 0 Å². The van der Waals surface area contributed by atoms with E-state index < -0.39 is 22.0 Å². The number of nitrogens with zero attached hydrogens (tertiary/aromatic N) is 2. The topological polar surface area (TPSA) is 104 Å². The van der Waals surface area contributed by atoms with Gasteiger partial charge in [0.25, 0.3) is 15.9 Å². The molecule has 2 aromatic rings. The first-order chi connectivity index (χ1) is 15.2. The SMILES string of the molecule is CNC(=O)[C@H](C)N(Cc1cccc(Br)c1)C(=O)CCCN1C(=O)c2ccccc2S1(=O)=O. The first kappa shape index (κ1) is 23.9. The van der Waals surface area contributed by atoms with Crippen LogP contribution in [0.4, 0.5) is 0 Å². The molecule has 0 saturated heterocycles. The highest BCUT2D eigenvalue weighted by Crippen LogP contribution is 2.30. The minimum atomic E-state index is -3.91. The quantitative estimate of drug-likeness (QED) is 0.574. The van der Waals surface area contributed by atoms with Crippen LogP contribution in [-0.2, 0) is 26.2 Å². The van der Waals surface area contributed by atoms with E-state index in [1.165, 1.54) is 24.1 Å². The Morgan fingerprint density at radius 3 is 2.53 bits per heavy atom. The Balaban J connectivity index is 1.70. The van der Waals surface area contributed by atoms with Crippen molar-refractivity contribution in [2.24, 2.45) is 0 Å². The molecule has 1 heterocycles. The normalized spacial score (nSPS) is 15.2. The van der Waals surface area contributed by atoms with Gasteiger partial charge in [-0.15, -0.1) is 0 Å². The number of sulfonamides is 1. The Morgan fingerprint density at radius 1 is 1.16 bits per heavy atom. The molecule has 0 aliphatic carbocycles. The molecule has 8 nitrogen and oxygen atoms in total. The van der Waals surface area contributed by atoms with Gasteiger partial charge in [-0.2, -0.15) is 0 Å². The Labute approximate surface area is 195 Å². The number of fused-ring (bicyclic) bond motifs is 1. The zero-order chi connectivity index (χ0) is 23.5. The molecule has 10 heteroatoms. The zero-order valence-corrected chi connectivity index (χ0v) is 20.1. The largest absolute Gasteiger partial charge is 0.357 e. The van der Waals surface area contributed by atoms with Crippen molar-refractivity contribution in [3.05, 3.63) is 64.1 Å². The number of hydrogen-bond acceptors (Lipinski definition) is 5. The molecule has 0 saturated carbocycles. The first-order valence-corrected chi connectivity index (χ1v) is 12.3. The summed E-state index contributed by atoms with van der Waals surface area (Å²) in [7, 11) is -2.41. The third kappa shape index (κ3) is 4.86. The third-order valence-electron chi connectivity index (χ3n) is 5.32. The van der Waals surface area contributed by atoms with Crippen molar-refractivity contribution in [2.45, 2.75) is 37.2 Å². The lowest BCUT2D eigenvalue weighted by atomic mass is 10.1. The van der Waals surface area contributed by atoms with Gasteiger partial charge in [0.1, 0.15) is 10.9 Å². The Kier molecular flexibility index (Phi) is 7.35. The van der Waals surface area contributed by atoms with Gasteiger partial charge in [0.15, 0.2) is 0 Å². The Hall–Kier alpha value is -2.72. The molecule has 0 aromatic heterocycles. The molecule has 0 unspecified atom stereocenters. The molecule has 3 amide bonds. The molecule has 1 N–H and O–H groups in total. The van der Waals surface area contributed by atoms with E-state index in [2.05, 4.69) is 21.2 Å². The second-order valence-electron chi connectivity index (χ2n) is 7.42. The minimum Gasteiger partial charge on any atom is -0.357 e. The second kappa shape index (κ2) is 9.83. The number of likely N-dealkylation sites (N-methyl/N-ethyl adjacent to an activating group) is 1. The fourth-order valence-corrected chi connectivity index (χ4v) is 5.65.